The summed E-state index contributed by atoms with van der Waals surface area (Å²) in [6.07, 6.45) is 0. The summed E-state index contributed by atoms with van der Waals surface area (Å²) >= 11 is 18.0. The number of furan rings is 1. The SMILES string of the molecule is Cc1cc(NC(=O)c2ccc(COc3cccc(Cl)c3)o2)nn1Cc1ccc(Cl)c(Cl)c1. The first kappa shape index (κ1) is 22.3. The number of rotatable bonds is 7. The molecule has 0 bridgehead atoms. The second-order valence-corrected chi connectivity index (χ2v) is 8.29. The lowest BCUT2D eigenvalue weighted by atomic mass is 10.2. The Bertz CT molecular complexity index is 1270. The van der Waals surface area contributed by atoms with Crippen molar-refractivity contribution in [1.82, 2.24) is 9.78 Å². The number of ether oxygens (including phenoxy) is 1. The van der Waals surface area contributed by atoms with Crippen LogP contribution in [0.15, 0.2) is 65.1 Å². The van der Waals surface area contributed by atoms with Crippen LogP contribution in [0.4, 0.5) is 5.82 Å². The number of aryl methyl sites for hydroxylation is 1. The van der Waals surface area contributed by atoms with Crippen molar-refractivity contribution in [2.45, 2.75) is 20.1 Å². The number of amides is 1. The van der Waals surface area contributed by atoms with Gasteiger partial charge in [0, 0.05) is 16.8 Å². The van der Waals surface area contributed by atoms with Gasteiger partial charge >= 0.3 is 0 Å². The van der Waals surface area contributed by atoms with Gasteiger partial charge in [0.15, 0.2) is 11.6 Å². The summed E-state index contributed by atoms with van der Waals surface area (Å²) in [5, 5.41) is 8.75. The number of nitrogens with zero attached hydrogens (tertiary/aromatic N) is 2. The standard InChI is InChI=1S/C23H18Cl3N3O3/c1-14-9-22(28-29(14)12-15-5-7-19(25)20(26)10-15)27-23(30)21-8-6-18(32-21)13-31-17-4-2-3-16(24)11-17/h2-11H,12-13H2,1H3,(H,27,28,30). The van der Waals surface area contributed by atoms with Crippen LogP contribution >= 0.6 is 34.8 Å². The molecule has 0 aliphatic carbocycles. The van der Waals surface area contributed by atoms with Gasteiger partial charge < -0.3 is 14.5 Å². The third-order valence-corrected chi connectivity index (χ3v) is 5.58. The number of halogens is 3. The topological polar surface area (TPSA) is 69.3 Å². The highest BCUT2D eigenvalue weighted by Crippen LogP contribution is 2.24. The smallest absolute Gasteiger partial charge is 0.292 e. The average Bonchev–Trinajstić information content (AvgIpc) is 3.36. The van der Waals surface area contributed by atoms with Gasteiger partial charge in [0.05, 0.1) is 16.6 Å². The Morgan fingerprint density at radius 1 is 1.06 bits per heavy atom. The van der Waals surface area contributed by atoms with Crippen LogP contribution in [-0.2, 0) is 13.2 Å². The first-order valence-corrected chi connectivity index (χ1v) is 10.8. The summed E-state index contributed by atoms with van der Waals surface area (Å²) < 4.78 is 13.0. The Hall–Kier alpha value is -2.93. The maximum atomic E-state index is 12.6. The lowest BCUT2D eigenvalue weighted by Crippen LogP contribution is -2.12. The molecule has 2 heterocycles. The van der Waals surface area contributed by atoms with E-state index in [9.17, 15) is 4.79 Å². The molecule has 0 saturated heterocycles. The van der Waals surface area contributed by atoms with Crippen molar-refractivity contribution in [2.24, 2.45) is 0 Å². The zero-order valence-electron chi connectivity index (χ0n) is 16.9. The molecule has 0 saturated carbocycles. The van der Waals surface area contributed by atoms with Crippen LogP contribution in [0.5, 0.6) is 5.75 Å². The highest BCUT2D eigenvalue weighted by atomic mass is 35.5. The van der Waals surface area contributed by atoms with Crippen molar-refractivity contribution in [2.75, 3.05) is 5.32 Å². The number of hydrogen-bond donors (Lipinski definition) is 1. The second kappa shape index (κ2) is 9.69. The van der Waals surface area contributed by atoms with E-state index < -0.39 is 5.91 Å². The predicted molar refractivity (Wildman–Crippen MR) is 125 cm³/mol. The molecule has 4 rings (SSSR count). The van der Waals surface area contributed by atoms with E-state index in [1.807, 2.05) is 13.0 Å². The quantitative estimate of drug-likeness (QED) is 0.316. The van der Waals surface area contributed by atoms with Gasteiger partial charge in [0.1, 0.15) is 18.1 Å². The molecule has 0 aliphatic rings. The van der Waals surface area contributed by atoms with Crippen LogP contribution in [0, 0.1) is 6.92 Å². The van der Waals surface area contributed by atoms with Crippen molar-refractivity contribution in [1.29, 1.82) is 0 Å². The van der Waals surface area contributed by atoms with E-state index in [1.165, 1.54) is 0 Å². The molecular weight excluding hydrogens is 473 g/mol. The van der Waals surface area contributed by atoms with Gasteiger partial charge in [-0.15, -0.1) is 0 Å². The highest BCUT2D eigenvalue weighted by Gasteiger charge is 2.15. The van der Waals surface area contributed by atoms with Crippen LogP contribution < -0.4 is 10.1 Å². The molecule has 2 aromatic heterocycles. The highest BCUT2D eigenvalue weighted by molar-refractivity contribution is 6.42. The van der Waals surface area contributed by atoms with E-state index in [2.05, 4.69) is 10.4 Å². The van der Waals surface area contributed by atoms with E-state index in [4.69, 9.17) is 44.0 Å². The number of benzene rings is 2. The Balaban J connectivity index is 1.38. The number of carbonyl (C=O) groups is 1. The molecule has 1 amide bonds. The fourth-order valence-electron chi connectivity index (χ4n) is 3.01. The van der Waals surface area contributed by atoms with E-state index in [-0.39, 0.29) is 12.4 Å². The van der Waals surface area contributed by atoms with Crippen molar-refractivity contribution >= 4 is 46.5 Å². The van der Waals surface area contributed by atoms with Crippen molar-refractivity contribution in [3.05, 3.63) is 98.5 Å². The lowest BCUT2D eigenvalue weighted by Gasteiger charge is -2.06. The first-order valence-electron chi connectivity index (χ1n) is 9.64. The molecule has 164 valence electrons. The maximum absolute atomic E-state index is 12.6. The molecule has 0 unspecified atom stereocenters. The molecule has 6 nitrogen and oxygen atoms in total. The number of nitrogens with one attached hydrogen (secondary N) is 1. The zero-order chi connectivity index (χ0) is 22.7. The summed E-state index contributed by atoms with van der Waals surface area (Å²) in [5.74, 6) is 1.30. The summed E-state index contributed by atoms with van der Waals surface area (Å²) in [5.41, 5.74) is 1.82. The maximum Gasteiger partial charge on any atom is 0.292 e. The van der Waals surface area contributed by atoms with Gasteiger partial charge in [-0.1, -0.05) is 46.9 Å². The van der Waals surface area contributed by atoms with Gasteiger partial charge in [0.25, 0.3) is 5.91 Å². The molecule has 2 aromatic carbocycles. The minimum Gasteiger partial charge on any atom is -0.486 e. The molecule has 0 fully saturated rings. The van der Waals surface area contributed by atoms with Gasteiger partial charge in [-0.05, 0) is 55.0 Å². The van der Waals surface area contributed by atoms with Gasteiger partial charge in [-0.2, -0.15) is 5.10 Å². The van der Waals surface area contributed by atoms with Crippen LogP contribution in [0.25, 0.3) is 0 Å². The van der Waals surface area contributed by atoms with Gasteiger partial charge in [-0.25, -0.2) is 0 Å². The van der Waals surface area contributed by atoms with Crippen molar-refractivity contribution < 1.29 is 13.9 Å². The van der Waals surface area contributed by atoms with Crippen molar-refractivity contribution in [3.63, 3.8) is 0 Å². The lowest BCUT2D eigenvalue weighted by molar-refractivity contribution is 0.0992. The minimum atomic E-state index is -0.404. The molecule has 4 aromatic rings. The zero-order valence-corrected chi connectivity index (χ0v) is 19.2. The Kier molecular flexibility index (Phi) is 6.74. The van der Waals surface area contributed by atoms with E-state index in [1.54, 1.807) is 59.3 Å². The Morgan fingerprint density at radius 3 is 2.69 bits per heavy atom. The molecule has 0 aliphatic heterocycles. The molecule has 32 heavy (non-hydrogen) atoms. The third-order valence-electron chi connectivity index (χ3n) is 4.60. The largest absolute Gasteiger partial charge is 0.486 e. The Labute approximate surface area is 199 Å². The predicted octanol–water partition coefficient (Wildman–Crippen LogP) is 6.62. The number of anilines is 1. The van der Waals surface area contributed by atoms with Crippen molar-refractivity contribution in [3.8, 4) is 5.75 Å². The van der Waals surface area contributed by atoms with E-state index in [0.717, 1.165) is 11.3 Å². The first-order chi connectivity index (χ1) is 15.4. The summed E-state index contributed by atoms with van der Waals surface area (Å²) in [4.78, 5) is 12.6. The normalized spacial score (nSPS) is 10.9. The fourth-order valence-corrected chi connectivity index (χ4v) is 3.51. The van der Waals surface area contributed by atoms with Gasteiger partial charge in [0.2, 0.25) is 0 Å². The fraction of sp³-hybridized carbons (Fsp3) is 0.130. The summed E-state index contributed by atoms with van der Waals surface area (Å²) in [7, 11) is 0. The average molecular weight is 491 g/mol. The molecule has 1 N–H and O–H groups in total. The number of carbonyl (C=O) groups excluding carboxylic acids is 1. The van der Waals surface area contributed by atoms with E-state index >= 15 is 0 Å². The van der Waals surface area contributed by atoms with Gasteiger partial charge in [-0.3, -0.25) is 9.48 Å². The van der Waals surface area contributed by atoms with Crippen LogP contribution in [0.2, 0.25) is 15.1 Å². The van der Waals surface area contributed by atoms with E-state index in [0.29, 0.717) is 38.9 Å². The Morgan fingerprint density at radius 2 is 1.91 bits per heavy atom. The monoisotopic (exact) mass is 489 g/mol. The van der Waals surface area contributed by atoms with Crippen LogP contribution in [0.1, 0.15) is 27.6 Å². The number of hydrogen-bond acceptors (Lipinski definition) is 4. The third kappa shape index (κ3) is 5.46. The molecular formula is C23H18Cl3N3O3. The number of aromatic nitrogens is 2. The summed E-state index contributed by atoms with van der Waals surface area (Å²) in [6.45, 7) is 2.56. The second-order valence-electron chi connectivity index (χ2n) is 7.04. The minimum absolute atomic E-state index is 0.159. The molecule has 9 heteroatoms. The molecule has 0 atom stereocenters. The van der Waals surface area contributed by atoms with Crippen LogP contribution in [-0.4, -0.2) is 15.7 Å². The summed E-state index contributed by atoms with van der Waals surface area (Å²) in [6, 6.07) is 17.5. The molecule has 0 radical (unpaired) electrons. The molecule has 0 spiro atoms. The van der Waals surface area contributed by atoms with Crippen LogP contribution in [0.3, 0.4) is 0 Å².